The monoisotopic (exact) mass is 404 g/mol. The van der Waals surface area contributed by atoms with Crippen molar-refractivity contribution >= 4 is 22.2 Å². The number of fused-ring (bicyclic) bond motifs is 2. The third-order valence-electron chi connectivity index (χ3n) is 4.88. The van der Waals surface area contributed by atoms with Gasteiger partial charge in [0.05, 0.1) is 43.7 Å². The Kier molecular flexibility index (Phi) is 4.27. The van der Waals surface area contributed by atoms with Crippen LogP contribution in [0.15, 0.2) is 55.1 Å². The second kappa shape index (κ2) is 7.11. The van der Waals surface area contributed by atoms with Crippen LogP contribution in [0.1, 0.15) is 5.56 Å². The third kappa shape index (κ3) is 2.91. The molecule has 0 radical (unpaired) electrons. The molecule has 0 fully saturated rings. The normalized spacial score (nSPS) is 11.3. The van der Waals surface area contributed by atoms with E-state index in [2.05, 4.69) is 19.9 Å². The minimum absolute atomic E-state index is 0.291. The maximum Gasteiger partial charge on any atom is 0.298 e. The number of aromatic nitrogens is 6. The lowest BCUT2D eigenvalue weighted by atomic mass is 10.2. The first kappa shape index (κ1) is 18.0. The number of pyridine rings is 1. The van der Waals surface area contributed by atoms with Crippen LogP contribution < -0.4 is 9.47 Å². The van der Waals surface area contributed by atoms with Gasteiger partial charge in [-0.15, -0.1) is 0 Å². The van der Waals surface area contributed by atoms with Crippen molar-refractivity contribution in [3.63, 3.8) is 0 Å². The summed E-state index contributed by atoms with van der Waals surface area (Å²) >= 11 is 0. The Morgan fingerprint density at radius 2 is 1.93 bits per heavy atom. The number of ether oxygens (including phenoxy) is 2. The van der Waals surface area contributed by atoms with Gasteiger partial charge in [-0.2, -0.15) is 9.97 Å². The minimum atomic E-state index is -0.291. The van der Waals surface area contributed by atoms with Crippen LogP contribution in [0.5, 0.6) is 11.9 Å². The number of rotatable bonds is 5. The molecule has 0 N–H and O–H groups in total. The predicted octanol–water partition coefficient (Wildman–Crippen LogP) is 3.37. The van der Waals surface area contributed by atoms with E-state index in [0.717, 1.165) is 27.8 Å². The van der Waals surface area contributed by atoms with Crippen molar-refractivity contribution in [1.82, 2.24) is 29.1 Å². The van der Waals surface area contributed by atoms with Gasteiger partial charge in [0.25, 0.3) is 6.01 Å². The van der Waals surface area contributed by atoms with Crippen LogP contribution in [-0.2, 0) is 6.54 Å². The second-order valence-electron chi connectivity index (χ2n) is 6.65. The summed E-state index contributed by atoms with van der Waals surface area (Å²) in [7, 11) is 3.12. The summed E-state index contributed by atoms with van der Waals surface area (Å²) in [5.74, 6) is 0.177. The van der Waals surface area contributed by atoms with Gasteiger partial charge in [0.15, 0.2) is 5.65 Å². The maximum atomic E-state index is 13.7. The Bertz CT molecular complexity index is 1380. The fourth-order valence-electron chi connectivity index (χ4n) is 3.54. The number of nitrogens with zero attached hydrogens (tertiary/aromatic N) is 6. The number of hydrogen-bond acceptors (Lipinski definition) is 6. The van der Waals surface area contributed by atoms with Crippen LogP contribution in [0.25, 0.3) is 27.9 Å². The van der Waals surface area contributed by atoms with E-state index in [0.29, 0.717) is 24.1 Å². The molecule has 1 aromatic carbocycles. The van der Waals surface area contributed by atoms with E-state index < -0.39 is 0 Å². The van der Waals surface area contributed by atoms with E-state index in [4.69, 9.17) is 9.47 Å². The first-order chi connectivity index (χ1) is 14.7. The number of imidazole rings is 1. The molecule has 5 aromatic rings. The van der Waals surface area contributed by atoms with Crippen LogP contribution in [0.2, 0.25) is 0 Å². The van der Waals surface area contributed by atoms with Crippen molar-refractivity contribution < 1.29 is 13.9 Å². The molecule has 5 rings (SSSR count). The molecule has 0 saturated heterocycles. The van der Waals surface area contributed by atoms with Gasteiger partial charge in [0.2, 0.25) is 5.88 Å². The number of methoxy groups -OCH3 is 2. The quantitative estimate of drug-likeness (QED) is 0.447. The molecule has 0 aliphatic carbocycles. The molecular weight excluding hydrogens is 387 g/mol. The number of benzene rings is 1. The molecule has 4 heterocycles. The molecule has 0 aliphatic heterocycles. The summed E-state index contributed by atoms with van der Waals surface area (Å²) in [5, 5.41) is 0. The smallest absolute Gasteiger partial charge is 0.298 e. The van der Waals surface area contributed by atoms with E-state index in [9.17, 15) is 4.39 Å². The summed E-state index contributed by atoms with van der Waals surface area (Å²) < 4.78 is 28.3. The lowest BCUT2D eigenvalue weighted by molar-refractivity contribution is 0.364. The van der Waals surface area contributed by atoms with Gasteiger partial charge < -0.3 is 14.0 Å². The summed E-state index contributed by atoms with van der Waals surface area (Å²) in [4.78, 5) is 17.4. The van der Waals surface area contributed by atoms with E-state index >= 15 is 0 Å². The highest BCUT2D eigenvalue weighted by Crippen LogP contribution is 2.28. The van der Waals surface area contributed by atoms with E-state index in [1.807, 2.05) is 33.5 Å². The van der Waals surface area contributed by atoms with Crippen molar-refractivity contribution in [2.75, 3.05) is 14.2 Å². The van der Waals surface area contributed by atoms with Gasteiger partial charge in [-0.3, -0.25) is 4.57 Å². The topological polar surface area (TPSA) is 79.9 Å². The average Bonchev–Trinajstić information content (AvgIpc) is 3.35. The van der Waals surface area contributed by atoms with Gasteiger partial charge in [-0.25, -0.2) is 14.4 Å². The molecule has 0 bridgehead atoms. The Balaban J connectivity index is 1.68. The Morgan fingerprint density at radius 3 is 2.73 bits per heavy atom. The molecular formula is C21H17FN6O2. The molecule has 4 aromatic heterocycles. The number of halogens is 1. The highest BCUT2D eigenvalue weighted by Gasteiger charge is 2.16. The molecule has 9 heteroatoms. The molecule has 0 amide bonds. The summed E-state index contributed by atoms with van der Waals surface area (Å²) in [6.07, 6.45) is 5.06. The zero-order valence-corrected chi connectivity index (χ0v) is 16.3. The Labute approximate surface area is 170 Å². The Morgan fingerprint density at radius 1 is 1.03 bits per heavy atom. The van der Waals surface area contributed by atoms with Gasteiger partial charge in [-0.1, -0.05) is 12.1 Å². The number of hydrogen-bond donors (Lipinski definition) is 0. The molecule has 0 saturated carbocycles. The lowest BCUT2D eigenvalue weighted by Crippen LogP contribution is -2.04. The second-order valence-corrected chi connectivity index (χ2v) is 6.65. The standard InChI is InChI=1S/C21H17FN6O2/c1-29-20-18-16(24-12-25-20)6-7-27(18)15-9-17-19(23-10-15)26-21(30-2)28(17)11-13-4-3-5-14(22)8-13/h3-10,12H,11H2,1-2H3. The summed E-state index contributed by atoms with van der Waals surface area (Å²) in [6, 6.07) is 10.7. The van der Waals surface area contributed by atoms with Gasteiger partial charge in [-0.05, 0) is 29.8 Å². The van der Waals surface area contributed by atoms with Crippen LogP contribution in [0.3, 0.4) is 0 Å². The molecule has 0 atom stereocenters. The van der Waals surface area contributed by atoms with Crippen LogP contribution in [0, 0.1) is 5.82 Å². The first-order valence-corrected chi connectivity index (χ1v) is 9.19. The van der Waals surface area contributed by atoms with Crippen LogP contribution in [0.4, 0.5) is 4.39 Å². The fraction of sp³-hybridized carbons (Fsp3) is 0.143. The molecule has 150 valence electrons. The zero-order chi connectivity index (χ0) is 20.7. The lowest BCUT2D eigenvalue weighted by Gasteiger charge is -2.10. The molecule has 8 nitrogen and oxygen atoms in total. The average molecular weight is 404 g/mol. The van der Waals surface area contributed by atoms with Crippen molar-refractivity contribution in [2.24, 2.45) is 0 Å². The molecule has 0 unspecified atom stereocenters. The third-order valence-corrected chi connectivity index (χ3v) is 4.88. The summed E-state index contributed by atoms with van der Waals surface area (Å²) in [6.45, 7) is 0.390. The highest BCUT2D eigenvalue weighted by atomic mass is 19.1. The molecule has 0 spiro atoms. The van der Waals surface area contributed by atoms with Crippen LogP contribution in [-0.4, -0.2) is 43.3 Å². The van der Waals surface area contributed by atoms with Crippen LogP contribution >= 0.6 is 0 Å². The predicted molar refractivity (Wildman–Crippen MR) is 109 cm³/mol. The Hall–Kier alpha value is -4.01. The first-order valence-electron chi connectivity index (χ1n) is 9.19. The molecule has 30 heavy (non-hydrogen) atoms. The van der Waals surface area contributed by atoms with E-state index in [1.54, 1.807) is 26.5 Å². The van der Waals surface area contributed by atoms with Crippen molar-refractivity contribution in [1.29, 1.82) is 0 Å². The zero-order valence-electron chi connectivity index (χ0n) is 16.3. The SMILES string of the molecule is COc1ncnc2ccn(-c3cnc4nc(OC)n(Cc5cccc(F)c5)c4c3)c12. The van der Waals surface area contributed by atoms with Gasteiger partial charge in [0, 0.05) is 6.20 Å². The maximum absolute atomic E-state index is 13.7. The fourth-order valence-corrected chi connectivity index (χ4v) is 3.54. The highest BCUT2D eigenvalue weighted by molar-refractivity contribution is 5.83. The summed E-state index contributed by atoms with van der Waals surface area (Å²) in [5.41, 5.74) is 4.36. The molecule has 0 aliphatic rings. The largest absolute Gasteiger partial charge is 0.479 e. The van der Waals surface area contributed by atoms with Gasteiger partial charge >= 0.3 is 0 Å². The van der Waals surface area contributed by atoms with Crippen molar-refractivity contribution in [3.8, 4) is 17.6 Å². The van der Waals surface area contributed by atoms with Crippen molar-refractivity contribution in [2.45, 2.75) is 6.54 Å². The van der Waals surface area contributed by atoms with Crippen molar-refractivity contribution in [3.05, 3.63) is 66.5 Å². The minimum Gasteiger partial charge on any atom is -0.479 e. The van der Waals surface area contributed by atoms with E-state index in [1.165, 1.54) is 18.5 Å². The van der Waals surface area contributed by atoms with Gasteiger partial charge in [0.1, 0.15) is 17.7 Å². The van der Waals surface area contributed by atoms with E-state index in [-0.39, 0.29) is 5.82 Å².